The fourth-order valence-corrected chi connectivity index (χ4v) is 5.20. The molecule has 21 heavy (non-hydrogen) atoms. The monoisotopic (exact) mass is 318 g/mol. The van der Waals surface area contributed by atoms with Crippen LogP contribution >= 0.6 is 0 Å². The Morgan fingerprint density at radius 3 is 2.24 bits per heavy atom. The second kappa shape index (κ2) is 7.07. The van der Waals surface area contributed by atoms with Crippen LogP contribution in [0, 0.1) is 0 Å². The first-order valence-electron chi connectivity index (χ1n) is 7.92. The Morgan fingerprint density at radius 1 is 1.05 bits per heavy atom. The van der Waals surface area contributed by atoms with Gasteiger partial charge in [0.05, 0.1) is 0 Å². The minimum atomic E-state index is -3.69. The van der Waals surface area contributed by atoms with E-state index in [9.17, 15) is 18.3 Å². The van der Waals surface area contributed by atoms with Gasteiger partial charge in [-0.05, 0) is 25.7 Å². The van der Waals surface area contributed by atoms with Gasteiger partial charge < -0.3 is 5.11 Å². The lowest BCUT2D eigenvalue weighted by Crippen LogP contribution is -2.52. The lowest BCUT2D eigenvalue weighted by molar-refractivity contribution is -0.141. The molecule has 122 valence electrons. The molecule has 1 saturated carbocycles. The zero-order chi connectivity index (χ0) is 15.5. The van der Waals surface area contributed by atoms with Gasteiger partial charge in [0.25, 0.3) is 10.2 Å². The van der Waals surface area contributed by atoms with Crippen LogP contribution in [-0.4, -0.2) is 53.8 Å². The molecular weight excluding hydrogens is 292 g/mol. The fourth-order valence-electron chi connectivity index (χ4n) is 3.40. The molecule has 2 fully saturated rings. The first-order chi connectivity index (χ1) is 9.94. The van der Waals surface area contributed by atoms with E-state index in [2.05, 4.69) is 0 Å². The van der Waals surface area contributed by atoms with Gasteiger partial charge in [-0.2, -0.15) is 17.0 Å². The molecule has 1 aliphatic carbocycles. The molecule has 0 radical (unpaired) electrons. The smallest absolute Gasteiger partial charge is 0.322 e. The lowest BCUT2D eigenvalue weighted by Gasteiger charge is -2.36. The van der Waals surface area contributed by atoms with Crippen LogP contribution in [0.3, 0.4) is 0 Å². The van der Waals surface area contributed by atoms with Gasteiger partial charge in [-0.15, -0.1) is 0 Å². The number of hydrogen-bond acceptors (Lipinski definition) is 3. The molecule has 7 heteroatoms. The van der Waals surface area contributed by atoms with Crippen LogP contribution < -0.4 is 0 Å². The van der Waals surface area contributed by atoms with Gasteiger partial charge in [0, 0.05) is 19.6 Å². The normalized spacial score (nSPS) is 26.7. The number of aliphatic carboxylic acids is 1. The lowest BCUT2D eigenvalue weighted by atomic mass is 9.96. The van der Waals surface area contributed by atoms with Crippen LogP contribution in [0.2, 0.25) is 0 Å². The van der Waals surface area contributed by atoms with Gasteiger partial charge in [0.2, 0.25) is 0 Å². The Hall–Kier alpha value is -0.660. The van der Waals surface area contributed by atoms with Crippen LogP contribution in [-0.2, 0) is 15.0 Å². The summed E-state index contributed by atoms with van der Waals surface area (Å²) in [6, 6.07) is -0.898. The maximum Gasteiger partial charge on any atom is 0.322 e. The number of nitrogens with zero attached hydrogens (tertiary/aromatic N) is 2. The largest absolute Gasteiger partial charge is 0.480 e. The summed E-state index contributed by atoms with van der Waals surface area (Å²) in [5.74, 6) is -1.03. The predicted molar refractivity (Wildman–Crippen MR) is 80.2 cm³/mol. The van der Waals surface area contributed by atoms with E-state index in [0.717, 1.165) is 51.4 Å². The number of rotatable bonds is 4. The number of carboxylic acid groups (broad SMARTS) is 1. The maximum atomic E-state index is 12.8. The first kappa shape index (κ1) is 16.7. The molecule has 1 heterocycles. The molecule has 1 unspecified atom stereocenters. The summed E-state index contributed by atoms with van der Waals surface area (Å²) in [5, 5.41) is 9.36. The van der Waals surface area contributed by atoms with E-state index >= 15 is 0 Å². The Kier molecular flexibility index (Phi) is 5.62. The predicted octanol–water partition coefficient (Wildman–Crippen LogP) is 1.82. The maximum absolute atomic E-state index is 12.8. The summed E-state index contributed by atoms with van der Waals surface area (Å²) >= 11 is 0. The van der Waals surface area contributed by atoms with Gasteiger partial charge in [0.15, 0.2) is 0 Å². The Morgan fingerprint density at radius 2 is 1.62 bits per heavy atom. The fraction of sp³-hybridized carbons (Fsp3) is 0.929. The standard InChI is InChI=1S/C14H26N2O4S/c1-15(12-8-4-2-5-9-12)21(19,20)16-11-7-3-6-10-13(16)14(17)18/h12-13H,2-11H2,1H3,(H,17,18). The van der Waals surface area contributed by atoms with E-state index in [1.807, 2.05) is 0 Å². The molecule has 0 aromatic rings. The molecule has 0 aromatic carbocycles. The van der Waals surface area contributed by atoms with Crippen molar-refractivity contribution >= 4 is 16.2 Å². The molecule has 0 amide bonds. The molecule has 1 atom stereocenters. The van der Waals surface area contributed by atoms with E-state index in [4.69, 9.17) is 0 Å². The summed E-state index contributed by atoms with van der Waals surface area (Å²) in [6.45, 7) is 0.316. The highest BCUT2D eigenvalue weighted by Gasteiger charge is 2.40. The molecule has 1 aliphatic heterocycles. The molecule has 0 spiro atoms. The van der Waals surface area contributed by atoms with Gasteiger partial charge >= 0.3 is 5.97 Å². The van der Waals surface area contributed by atoms with Crippen LogP contribution in [0.15, 0.2) is 0 Å². The highest BCUT2D eigenvalue weighted by atomic mass is 32.2. The molecule has 2 aliphatic rings. The van der Waals surface area contributed by atoms with Crippen molar-refractivity contribution in [2.24, 2.45) is 0 Å². The Labute approximate surface area is 127 Å². The second-order valence-electron chi connectivity index (χ2n) is 6.13. The molecule has 1 N–H and O–H groups in total. The highest BCUT2D eigenvalue weighted by molar-refractivity contribution is 7.86. The minimum Gasteiger partial charge on any atom is -0.480 e. The second-order valence-corrected chi connectivity index (χ2v) is 8.07. The SMILES string of the molecule is CN(C1CCCCC1)S(=O)(=O)N1CCCCCC1C(=O)O. The van der Waals surface area contributed by atoms with Crippen molar-refractivity contribution in [3.05, 3.63) is 0 Å². The average Bonchev–Trinajstić information content (AvgIpc) is 2.73. The van der Waals surface area contributed by atoms with Crippen molar-refractivity contribution in [1.29, 1.82) is 0 Å². The molecule has 6 nitrogen and oxygen atoms in total. The molecule has 0 aromatic heterocycles. The zero-order valence-electron chi connectivity index (χ0n) is 12.7. The van der Waals surface area contributed by atoms with Crippen LogP contribution in [0.5, 0.6) is 0 Å². The molecule has 2 rings (SSSR count). The van der Waals surface area contributed by atoms with Crippen molar-refractivity contribution in [2.75, 3.05) is 13.6 Å². The van der Waals surface area contributed by atoms with E-state index in [-0.39, 0.29) is 6.04 Å². The topological polar surface area (TPSA) is 77.9 Å². The zero-order valence-corrected chi connectivity index (χ0v) is 13.5. The van der Waals surface area contributed by atoms with Gasteiger partial charge in [-0.3, -0.25) is 4.79 Å². The van der Waals surface area contributed by atoms with Crippen molar-refractivity contribution in [1.82, 2.24) is 8.61 Å². The summed E-state index contributed by atoms with van der Waals surface area (Å²) < 4.78 is 28.3. The third-order valence-electron chi connectivity index (χ3n) is 4.74. The van der Waals surface area contributed by atoms with Crippen LogP contribution in [0.4, 0.5) is 0 Å². The average molecular weight is 318 g/mol. The van der Waals surface area contributed by atoms with Gasteiger partial charge in [-0.1, -0.05) is 32.1 Å². The third kappa shape index (κ3) is 3.76. The summed E-state index contributed by atoms with van der Waals surface area (Å²) in [6.07, 6.45) is 7.82. The summed E-state index contributed by atoms with van der Waals surface area (Å²) in [4.78, 5) is 11.4. The van der Waals surface area contributed by atoms with Crippen LogP contribution in [0.25, 0.3) is 0 Å². The van der Waals surface area contributed by atoms with Crippen molar-refractivity contribution < 1.29 is 18.3 Å². The van der Waals surface area contributed by atoms with Crippen molar-refractivity contribution in [3.63, 3.8) is 0 Å². The van der Waals surface area contributed by atoms with Crippen molar-refractivity contribution in [3.8, 4) is 0 Å². The summed E-state index contributed by atoms with van der Waals surface area (Å²) in [7, 11) is -2.09. The van der Waals surface area contributed by atoms with E-state index in [1.54, 1.807) is 7.05 Å². The number of hydrogen-bond donors (Lipinski definition) is 1. The third-order valence-corrected chi connectivity index (χ3v) is 6.79. The quantitative estimate of drug-likeness (QED) is 0.857. The Balaban J connectivity index is 2.19. The van der Waals surface area contributed by atoms with Crippen molar-refractivity contribution in [2.45, 2.75) is 69.9 Å². The number of carbonyl (C=O) groups is 1. The van der Waals surface area contributed by atoms with Crippen LogP contribution in [0.1, 0.15) is 57.8 Å². The summed E-state index contributed by atoms with van der Waals surface area (Å²) in [5.41, 5.74) is 0. The molecule has 1 saturated heterocycles. The molecule has 0 bridgehead atoms. The Bertz CT molecular complexity index is 460. The first-order valence-corrected chi connectivity index (χ1v) is 9.32. The van der Waals surface area contributed by atoms with E-state index in [0.29, 0.717) is 13.0 Å². The van der Waals surface area contributed by atoms with E-state index in [1.165, 1.54) is 8.61 Å². The van der Waals surface area contributed by atoms with Gasteiger partial charge in [0.1, 0.15) is 6.04 Å². The molecular formula is C14H26N2O4S. The minimum absolute atomic E-state index is 0.0152. The number of carboxylic acids is 1. The van der Waals surface area contributed by atoms with E-state index < -0.39 is 22.2 Å². The van der Waals surface area contributed by atoms with Gasteiger partial charge in [-0.25, -0.2) is 0 Å². The highest BCUT2D eigenvalue weighted by Crippen LogP contribution is 2.27.